The Morgan fingerprint density at radius 1 is 1.05 bits per heavy atom. The average molecular weight is 266 g/mol. The molecule has 0 bridgehead atoms. The van der Waals surface area contributed by atoms with Gasteiger partial charge in [0.25, 0.3) is 0 Å². The molecule has 2 heteroatoms. The quantitative estimate of drug-likeness (QED) is 0.705. The lowest BCUT2D eigenvalue weighted by Gasteiger charge is -2.31. The molecule has 0 aromatic rings. The summed E-state index contributed by atoms with van der Waals surface area (Å²) in [6, 6.07) is 1.70. The van der Waals surface area contributed by atoms with Gasteiger partial charge in [0.2, 0.25) is 0 Å². The Morgan fingerprint density at radius 2 is 1.84 bits per heavy atom. The van der Waals surface area contributed by atoms with Gasteiger partial charge in [-0.15, -0.1) is 0 Å². The molecule has 0 spiro atoms. The summed E-state index contributed by atoms with van der Waals surface area (Å²) in [6.45, 7) is 4.84. The molecule has 0 amide bonds. The molecule has 2 unspecified atom stereocenters. The molecule has 2 aliphatic carbocycles. The molecule has 112 valence electrons. The van der Waals surface area contributed by atoms with Crippen molar-refractivity contribution in [1.82, 2.24) is 10.2 Å². The van der Waals surface area contributed by atoms with Crippen LogP contribution < -0.4 is 5.32 Å². The second kappa shape index (κ2) is 8.26. The molecule has 0 aromatic carbocycles. The van der Waals surface area contributed by atoms with Crippen LogP contribution in [0.1, 0.15) is 71.1 Å². The lowest BCUT2D eigenvalue weighted by atomic mass is 9.94. The lowest BCUT2D eigenvalue weighted by Crippen LogP contribution is -2.36. The summed E-state index contributed by atoms with van der Waals surface area (Å²) in [5, 5.41) is 3.78. The van der Waals surface area contributed by atoms with Gasteiger partial charge in [0.15, 0.2) is 0 Å². The molecular formula is C17H34N2. The monoisotopic (exact) mass is 266 g/mol. The van der Waals surface area contributed by atoms with Crippen LogP contribution in [0.4, 0.5) is 0 Å². The van der Waals surface area contributed by atoms with Crippen molar-refractivity contribution in [2.75, 3.05) is 20.1 Å². The van der Waals surface area contributed by atoms with E-state index in [1.54, 1.807) is 0 Å². The second-order valence-electron chi connectivity index (χ2n) is 6.86. The second-order valence-corrected chi connectivity index (χ2v) is 6.86. The van der Waals surface area contributed by atoms with Gasteiger partial charge in [-0.05, 0) is 64.6 Å². The van der Waals surface area contributed by atoms with Crippen molar-refractivity contribution >= 4 is 0 Å². The summed E-state index contributed by atoms with van der Waals surface area (Å²) < 4.78 is 0. The zero-order valence-electron chi connectivity index (χ0n) is 13.2. The van der Waals surface area contributed by atoms with Gasteiger partial charge in [0, 0.05) is 12.1 Å². The van der Waals surface area contributed by atoms with E-state index in [1.165, 1.54) is 77.3 Å². The summed E-state index contributed by atoms with van der Waals surface area (Å²) in [5.74, 6) is 1.00. The van der Waals surface area contributed by atoms with E-state index in [2.05, 4.69) is 24.2 Å². The third-order valence-corrected chi connectivity index (χ3v) is 5.44. The topological polar surface area (TPSA) is 15.3 Å². The van der Waals surface area contributed by atoms with Crippen LogP contribution in [0, 0.1) is 5.92 Å². The highest BCUT2D eigenvalue weighted by Crippen LogP contribution is 2.27. The highest BCUT2D eigenvalue weighted by Gasteiger charge is 2.22. The summed E-state index contributed by atoms with van der Waals surface area (Å²) in [6.07, 6.45) is 14.2. The third-order valence-electron chi connectivity index (χ3n) is 5.44. The third kappa shape index (κ3) is 5.07. The molecule has 2 nitrogen and oxygen atoms in total. The van der Waals surface area contributed by atoms with Crippen LogP contribution in [0.5, 0.6) is 0 Å². The summed E-state index contributed by atoms with van der Waals surface area (Å²) in [5.41, 5.74) is 0. The minimum Gasteiger partial charge on any atom is -0.314 e. The molecule has 0 aromatic heterocycles. The van der Waals surface area contributed by atoms with Crippen molar-refractivity contribution in [2.45, 2.75) is 83.2 Å². The van der Waals surface area contributed by atoms with Crippen molar-refractivity contribution in [1.29, 1.82) is 0 Å². The van der Waals surface area contributed by atoms with E-state index in [0.717, 1.165) is 18.0 Å². The first-order valence-corrected chi connectivity index (χ1v) is 8.73. The highest BCUT2D eigenvalue weighted by atomic mass is 15.1. The molecule has 0 aliphatic heterocycles. The van der Waals surface area contributed by atoms with Crippen molar-refractivity contribution in [3.05, 3.63) is 0 Å². The molecule has 2 atom stereocenters. The largest absolute Gasteiger partial charge is 0.314 e. The fourth-order valence-electron chi connectivity index (χ4n) is 3.97. The molecular weight excluding hydrogens is 232 g/mol. The Bertz CT molecular complexity index is 235. The maximum absolute atomic E-state index is 3.78. The minimum atomic E-state index is 0.824. The van der Waals surface area contributed by atoms with Crippen LogP contribution in [0.2, 0.25) is 0 Å². The molecule has 19 heavy (non-hydrogen) atoms. The summed E-state index contributed by atoms with van der Waals surface area (Å²) >= 11 is 0. The van der Waals surface area contributed by atoms with Gasteiger partial charge in [-0.2, -0.15) is 0 Å². The summed E-state index contributed by atoms with van der Waals surface area (Å²) in [7, 11) is 2.33. The average Bonchev–Trinajstić information content (AvgIpc) is 2.92. The van der Waals surface area contributed by atoms with Gasteiger partial charge in [-0.25, -0.2) is 0 Å². The number of nitrogens with one attached hydrogen (secondary N) is 1. The maximum Gasteiger partial charge on any atom is 0.00922 e. The van der Waals surface area contributed by atoms with Gasteiger partial charge < -0.3 is 10.2 Å². The van der Waals surface area contributed by atoms with E-state index in [1.807, 2.05) is 0 Å². The zero-order valence-corrected chi connectivity index (χ0v) is 13.2. The fourth-order valence-corrected chi connectivity index (χ4v) is 3.97. The van der Waals surface area contributed by atoms with Crippen molar-refractivity contribution in [2.24, 2.45) is 5.92 Å². The highest BCUT2D eigenvalue weighted by molar-refractivity contribution is 4.80. The van der Waals surface area contributed by atoms with E-state index in [9.17, 15) is 0 Å². The van der Waals surface area contributed by atoms with E-state index in [4.69, 9.17) is 0 Å². The lowest BCUT2D eigenvalue weighted by molar-refractivity contribution is 0.189. The number of hydrogen-bond acceptors (Lipinski definition) is 2. The normalized spacial score (nSPS) is 29.2. The first-order chi connectivity index (χ1) is 9.29. The number of hydrogen-bond donors (Lipinski definition) is 1. The first-order valence-electron chi connectivity index (χ1n) is 8.73. The smallest absolute Gasteiger partial charge is 0.00922 e. The van der Waals surface area contributed by atoms with Crippen molar-refractivity contribution < 1.29 is 0 Å². The van der Waals surface area contributed by atoms with Crippen molar-refractivity contribution in [3.8, 4) is 0 Å². The van der Waals surface area contributed by atoms with Crippen LogP contribution in [-0.4, -0.2) is 37.1 Å². The minimum absolute atomic E-state index is 0.824. The maximum atomic E-state index is 3.78. The van der Waals surface area contributed by atoms with E-state index in [-0.39, 0.29) is 0 Å². The van der Waals surface area contributed by atoms with E-state index in [0.29, 0.717) is 0 Å². The zero-order chi connectivity index (χ0) is 13.5. The van der Waals surface area contributed by atoms with Crippen LogP contribution in [0.3, 0.4) is 0 Å². The molecule has 2 fully saturated rings. The van der Waals surface area contributed by atoms with Crippen LogP contribution in [0.15, 0.2) is 0 Å². The molecule has 0 radical (unpaired) electrons. The Labute approximate surface area is 120 Å². The van der Waals surface area contributed by atoms with Gasteiger partial charge in [-0.1, -0.05) is 32.6 Å². The Kier molecular flexibility index (Phi) is 6.66. The molecule has 0 saturated heterocycles. The molecule has 2 rings (SSSR count). The molecule has 1 N–H and O–H groups in total. The van der Waals surface area contributed by atoms with Crippen LogP contribution >= 0.6 is 0 Å². The van der Waals surface area contributed by atoms with Gasteiger partial charge in [0.05, 0.1) is 0 Å². The number of rotatable bonds is 7. The van der Waals surface area contributed by atoms with E-state index < -0.39 is 0 Å². The van der Waals surface area contributed by atoms with Crippen molar-refractivity contribution in [3.63, 3.8) is 0 Å². The number of nitrogens with zero attached hydrogens (tertiary/aromatic N) is 1. The van der Waals surface area contributed by atoms with Crippen LogP contribution in [0.25, 0.3) is 0 Å². The van der Waals surface area contributed by atoms with Crippen LogP contribution in [-0.2, 0) is 0 Å². The fraction of sp³-hybridized carbons (Fsp3) is 1.00. The predicted octanol–water partition coefficient (Wildman–Crippen LogP) is 3.81. The Morgan fingerprint density at radius 3 is 2.53 bits per heavy atom. The van der Waals surface area contributed by atoms with Gasteiger partial charge in [-0.3, -0.25) is 0 Å². The first kappa shape index (κ1) is 15.3. The molecule has 0 heterocycles. The molecule has 2 saturated carbocycles. The Hall–Kier alpha value is -0.0800. The van der Waals surface area contributed by atoms with E-state index >= 15 is 0 Å². The SMILES string of the molecule is CCC1CCC(NCCCN(C)C2CCCCC2)C1. The molecule has 2 aliphatic rings. The van der Waals surface area contributed by atoms with Gasteiger partial charge in [0.1, 0.15) is 0 Å². The summed E-state index contributed by atoms with van der Waals surface area (Å²) in [4.78, 5) is 2.62. The predicted molar refractivity (Wildman–Crippen MR) is 83.5 cm³/mol. The van der Waals surface area contributed by atoms with Gasteiger partial charge >= 0.3 is 0 Å². The standard InChI is InChI=1S/C17H34N2/c1-3-15-10-11-16(14-15)18-12-7-13-19(2)17-8-5-4-6-9-17/h15-18H,3-14H2,1-2H3. The Balaban J connectivity index is 1.51.